The molecule has 1 aromatic heterocycles. The van der Waals surface area contributed by atoms with Crippen LogP contribution >= 0.6 is 0 Å². The number of hydrogen-bond donors (Lipinski definition) is 0. The van der Waals surface area contributed by atoms with Crippen LogP contribution in [0.1, 0.15) is 111 Å². The Morgan fingerprint density at radius 3 is 1.95 bits per heavy atom. The van der Waals surface area contributed by atoms with Gasteiger partial charge in [-0.2, -0.15) is 0 Å². The predicted octanol–water partition coefficient (Wildman–Crippen LogP) is 10.2. The van der Waals surface area contributed by atoms with E-state index in [0.29, 0.717) is 18.0 Å². The average Bonchev–Trinajstić information content (AvgIpc) is 3.00. The standard InChI is InChI=1S/C36H50N2O3/c1-4-6-8-11-14-26-40-33-22-20-31(21-23-33)36-37-27-32(28-38-36)30-18-24-34(25-19-30)41-35(39)17-13-10-9-12-16-29(3)15-7-5-2/h18-25,27-29H,4-17,26H2,1-3H3. The molecule has 41 heavy (non-hydrogen) atoms. The number of ether oxygens (including phenoxy) is 2. The van der Waals surface area contributed by atoms with E-state index in [2.05, 4.69) is 30.7 Å². The Morgan fingerprint density at radius 2 is 1.24 bits per heavy atom. The fourth-order valence-electron chi connectivity index (χ4n) is 4.93. The number of esters is 1. The Labute approximate surface area is 248 Å². The van der Waals surface area contributed by atoms with Crippen molar-refractivity contribution in [1.82, 2.24) is 9.97 Å². The normalized spacial score (nSPS) is 11.8. The second-order valence-corrected chi connectivity index (χ2v) is 11.3. The second kappa shape index (κ2) is 19.0. The fraction of sp³-hybridized carbons (Fsp3) is 0.528. The quantitative estimate of drug-likeness (QED) is 0.0784. The third kappa shape index (κ3) is 12.5. The lowest BCUT2D eigenvalue weighted by Gasteiger charge is -2.10. The number of carbonyl (C=O) groups excluding carboxylic acids is 1. The Balaban J connectivity index is 1.38. The van der Waals surface area contributed by atoms with Gasteiger partial charge in [-0.1, -0.05) is 104 Å². The fourth-order valence-corrected chi connectivity index (χ4v) is 4.93. The largest absolute Gasteiger partial charge is 0.494 e. The van der Waals surface area contributed by atoms with Gasteiger partial charge >= 0.3 is 5.97 Å². The van der Waals surface area contributed by atoms with E-state index >= 15 is 0 Å². The molecule has 5 nitrogen and oxygen atoms in total. The summed E-state index contributed by atoms with van der Waals surface area (Å²) in [6.07, 6.45) is 19.9. The summed E-state index contributed by atoms with van der Waals surface area (Å²) in [6, 6.07) is 15.5. The predicted molar refractivity (Wildman–Crippen MR) is 169 cm³/mol. The van der Waals surface area contributed by atoms with Gasteiger partial charge in [0.05, 0.1) is 6.61 Å². The molecule has 0 aliphatic carbocycles. The minimum atomic E-state index is -0.162. The Morgan fingerprint density at radius 1 is 0.659 bits per heavy atom. The van der Waals surface area contributed by atoms with Crippen molar-refractivity contribution in [2.24, 2.45) is 5.92 Å². The SMILES string of the molecule is CCCCCCCOc1ccc(-c2ncc(-c3ccc(OC(=O)CCCCCCC(C)CCCC)cc3)cn2)cc1. The summed E-state index contributed by atoms with van der Waals surface area (Å²) in [5, 5.41) is 0. The molecule has 0 bridgehead atoms. The van der Waals surface area contributed by atoms with Gasteiger partial charge in [0, 0.05) is 29.9 Å². The van der Waals surface area contributed by atoms with Crippen molar-refractivity contribution in [2.75, 3.05) is 6.61 Å². The van der Waals surface area contributed by atoms with Crippen LogP contribution in [0.25, 0.3) is 22.5 Å². The lowest BCUT2D eigenvalue weighted by molar-refractivity contribution is -0.134. The van der Waals surface area contributed by atoms with E-state index in [1.807, 2.05) is 60.9 Å². The van der Waals surface area contributed by atoms with E-state index < -0.39 is 0 Å². The van der Waals surface area contributed by atoms with Crippen molar-refractivity contribution in [3.05, 3.63) is 60.9 Å². The van der Waals surface area contributed by atoms with Crippen molar-refractivity contribution in [3.8, 4) is 34.0 Å². The molecule has 0 radical (unpaired) electrons. The van der Waals surface area contributed by atoms with Crippen molar-refractivity contribution in [2.45, 2.75) is 111 Å². The first-order chi connectivity index (χ1) is 20.1. The lowest BCUT2D eigenvalue weighted by Crippen LogP contribution is -2.07. The maximum Gasteiger partial charge on any atom is 0.311 e. The molecule has 222 valence electrons. The lowest BCUT2D eigenvalue weighted by atomic mass is 9.97. The number of unbranched alkanes of at least 4 members (excludes halogenated alkanes) is 8. The van der Waals surface area contributed by atoms with Crippen molar-refractivity contribution >= 4 is 5.97 Å². The number of aromatic nitrogens is 2. The summed E-state index contributed by atoms with van der Waals surface area (Å²) >= 11 is 0. The molecule has 0 aliphatic heterocycles. The number of nitrogens with zero attached hydrogens (tertiary/aromatic N) is 2. The van der Waals surface area contributed by atoms with E-state index in [4.69, 9.17) is 9.47 Å². The van der Waals surface area contributed by atoms with Crippen LogP contribution in [-0.4, -0.2) is 22.5 Å². The number of carbonyl (C=O) groups is 1. The summed E-state index contributed by atoms with van der Waals surface area (Å²) in [7, 11) is 0. The summed E-state index contributed by atoms with van der Waals surface area (Å²) < 4.78 is 11.4. The first-order valence-corrected chi connectivity index (χ1v) is 16.0. The first-order valence-electron chi connectivity index (χ1n) is 16.0. The Hall–Kier alpha value is -3.21. The van der Waals surface area contributed by atoms with Crippen LogP contribution in [0.2, 0.25) is 0 Å². The van der Waals surface area contributed by atoms with Gasteiger partial charge in [0.25, 0.3) is 0 Å². The smallest absolute Gasteiger partial charge is 0.311 e. The molecule has 1 heterocycles. The van der Waals surface area contributed by atoms with Gasteiger partial charge in [-0.3, -0.25) is 4.79 Å². The summed E-state index contributed by atoms with van der Waals surface area (Å²) in [6.45, 7) is 7.59. The molecule has 1 atom stereocenters. The zero-order chi connectivity index (χ0) is 29.1. The van der Waals surface area contributed by atoms with Crippen LogP contribution < -0.4 is 9.47 Å². The highest BCUT2D eigenvalue weighted by Gasteiger charge is 2.08. The first kappa shape index (κ1) is 32.3. The van der Waals surface area contributed by atoms with E-state index in [-0.39, 0.29) is 5.97 Å². The van der Waals surface area contributed by atoms with E-state index in [1.54, 1.807) is 0 Å². The van der Waals surface area contributed by atoms with Crippen LogP contribution in [0.4, 0.5) is 0 Å². The van der Waals surface area contributed by atoms with Crippen molar-refractivity contribution in [1.29, 1.82) is 0 Å². The van der Waals surface area contributed by atoms with Crippen molar-refractivity contribution < 1.29 is 14.3 Å². The monoisotopic (exact) mass is 558 g/mol. The molecule has 0 fully saturated rings. The maximum absolute atomic E-state index is 12.3. The maximum atomic E-state index is 12.3. The highest BCUT2D eigenvalue weighted by atomic mass is 16.5. The van der Waals surface area contributed by atoms with Gasteiger partial charge in [0.1, 0.15) is 11.5 Å². The molecule has 0 saturated carbocycles. The number of rotatable bonds is 20. The summed E-state index contributed by atoms with van der Waals surface area (Å²) in [5.74, 6) is 2.79. The average molecular weight is 559 g/mol. The molecule has 3 rings (SSSR count). The molecule has 5 heteroatoms. The topological polar surface area (TPSA) is 61.3 Å². The molecule has 3 aromatic rings. The van der Waals surface area contributed by atoms with Crippen LogP contribution in [-0.2, 0) is 4.79 Å². The van der Waals surface area contributed by atoms with Crippen molar-refractivity contribution in [3.63, 3.8) is 0 Å². The molecular formula is C36H50N2O3. The second-order valence-electron chi connectivity index (χ2n) is 11.3. The minimum absolute atomic E-state index is 0.162. The van der Waals surface area contributed by atoms with Gasteiger partial charge in [0.15, 0.2) is 5.82 Å². The molecule has 0 aliphatic rings. The molecule has 0 N–H and O–H groups in total. The van der Waals surface area contributed by atoms with Gasteiger partial charge < -0.3 is 9.47 Å². The molecule has 1 unspecified atom stereocenters. The van der Waals surface area contributed by atoms with E-state index in [1.165, 1.54) is 64.2 Å². The highest BCUT2D eigenvalue weighted by Crippen LogP contribution is 2.25. The number of hydrogen-bond acceptors (Lipinski definition) is 5. The van der Waals surface area contributed by atoms with Crippen LogP contribution in [0, 0.1) is 5.92 Å². The van der Waals surface area contributed by atoms with Gasteiger partial charge in [-0.15, -0.1) is 0 Å². The summed E-state index contributed by atoms with van der Waals surface area (Å²) in [5.41, 5.74) is 2.85. The molecular weight excluding hydrogens is 508 g/mol. The molecule has 0 amide bonds. The Kier molecular flexibility index (Phi) is 15.0. The van der Waals surface area contributed by atoms with Crippen LogP contribution in [0.15, 0.2) is 60.9 Å². The molecule has 0 saturated heterocycles. The van der Waals surface area contributed by atoms with Gasteiger partial charge in [0.2, 0.25) is 0 Å². The summed E-state index contributed by atoms with van der Waals surface area (Å²) in [4.78, 5) is 21.4. The van der Waals surface area contributed by atoms with E-state index in [0.717, 1.165) is 54.2 Å². The third-order valence-corrected chi connectivity index (χ3v) is 7.58. The zero-order valence-electron chi connectivity index (χ0n) is 25.6. The van der Waals surface area contributed by atoms with Gasteiger partial charge in [-0.25, -0.2) is 9.97 Å². The molecule has 0 spiro atoms. The highest BCUT2D eigenvalue weighted by molar-refractivity contribution is 5.73. The Bertz CT molecular complexity index is 1110. The van der Waals surface area contributed by atoms with Crippen LogP contribution in [0.3, 0.4) is 0 Å². The zero-order valence-corrected chi connectivity index (χ0v) is 25.6. The minimum Gasteiger partial charge on any atom is -0.494 e. The van der Waals surface area contributed by atoms with Gasteiger partial charge in [-0.05, 0) is 60.7 Å². The van der Waals surface area contributed by atoms with Crippen LogP contribution in [0.5, 0.6) is 11.5 Å². The van der Waals surface area contributed by atoms with E-state index in [9.17, 15) is 4.79 Å². The third-order valence-electron chi connectivity index (χ3n) is 7.58. The number of benzene rings is 2. The molecule has 2 aromatic carbocycles.